The van der Waals surface area contributed by atoms with Crippen LogP contribution in [-0.4, -0.2) is 25.8 Å². The number of nitrogens with two attached hydrogens (primary N) is 1. The number of ether oxygens (including phenoxy) is 1. The largest absolute Gasteiger partial charge is 0.487 e. The molecule has 2 heterocycles. The lowest BCUT2D eigenvalue weighted by Crippen LogP contribution is -2.18. The van der Waals surface area contributed by atoms with Crippen molar-refractivity contribution in [2.45, 2.75) is 45.3 Å². The zero-order chi connectivity index (χ0) is 25.5. The average molecular weight is 493 g/mol. The van der Waals surface area contributed by atoms with Crippen molar-refractivity contribution in [1.29, 1.82) is 0 Å². The van der Waals surface area contributed by atoms with E-state index in [0.717, 1.165) is 56.9 Å². The van der Waals surface area contributed by atoms with E-state index < -0.39 is 5.97 Å². The van der Waals surface area contributed by atoms with Crippen LogP contribution >= 0.6 is 0 Å². The van der Waals surface area contributed by atoms with E-state index in [1.54, 1.807) is 6.20 Å². The van der Waals surface area contributed by atoms with E-state index in [-0.39, 0.29) is 13.0 Å². The second kappa shape index (κ2) is 9.24. The van der Waals surface area contributed by atoms with Crippen LogP contribution in [0.1, 0.15) is 42.1 Å². The molecule has 186 valence electrons. The number of nitrogen functional groups attached to an aromatic ring is 1. The molecule has 0 saturated heterocycles. The van der Waals surface area contributed by atoms with Crippen LogP contribution in [0.5, 0.6) is 5.75 Å². The number of aliphatic carboxylic acids is 1. The Morgan fingerprint density at radius 1 is 1.05 bits per heavy atom. The Morgan fingerprint density at radius 3 is 2.59 bits per heavy atom. The van der Waals surface area contributed by atoms with Crippen LogP contribution in [-0.2, 0) is 17.8 Å². The maximum Gasteiger partial charge on any atom is 0.307 e. The van der Waals surface area contributed by atoms with Gasteiger partial charge < -0.3 is 15.6 Å². The first-order valence-electron chi connectivity index (χ1n) is 12.6. The molecule has 37 heavy (non-hydrogen) atoms. The Hall–Kier alpha value is -4.39. The molecule has 1 aliphatic rings. The van der Waals surface area contributed by atoms with E-state index in [1.807, 2.05) is 31.2 Å². The molecule has 1 saturated carbocycles. The van der Waals surface area contributed by atoms with E-state index in [2.05, 4.69) is 46.1 Å². The SMILES string of the molecule is Cc1ccc(OCc2nn(C3CCC3)c3ccc(-c4ccc5ccnc(N)c5c4)cc23)c(CC(=O)O)c1. The van der Waals surface area contributed by atoms with Crippen molar-refractivity contribution >= 4 is 33.5 Å². The fourth-order valence-electron chi connectivity index (χ4n) is 5.07. The highest BCUT2D eigenvalue weighted by atomic mass is 16.5. The minimum absolute atomic E-state index is 0.0849. The smallest absolute Gasteiger partial charge is 0.307 e. The predicted molar refractivity (Wildman–Crippen MR) is 145 cm³/mol. The molecule has 5 aromatic rings. The fraction of sp³-hybridized carbons (Fsp3) is 0.233. The number of carboxylic acid groups (broad SMARTS) is 1. The molecule has 1 fully saturated rings. The molecular formula is C30H28N4O3. The highest BCUT2D eigenvalue weighted by molar-refractivity contribution is 5.95. The molecule has 0 radical (unpaired) electrons. The standard InChI is InChI=1S/C30H28N4O3/c1-18-5-10-28(22(13-18)16-29(35)36)37-17-26-25-15-21(8-9-27(25)34(33-26)23-3-2-4-23)20-7-6-19-11-12-32-30(31)24(19)14-20/h5-15,23H,2-4,16-17H2,1H3,(H2,31,32)(H,35,36). The first-order valence-corrected chi connectivity index (χ1v) is 12.6. The minimum Gasteiger partial charge on any atom is -0.487 e. The van der Waals surface area contributed by atoms with Gasteiger partial charge in [0.1, 0.15) is 23.9 Å². The van der Waals surface area contributed by atoms with Gasteiger partial charge in [0.25, 0.3) is 0 Å². The van der Waals surface area contributed by atoms with E-state index in [9.17, 15) is 9.90 Å². The third-order valence-electron chi connectivity index (χ3n) is 7.26. The summed E-state index contributed by atoms with van der Waals surface area (Å²) in [6, 6.07) is 20.7. The fourth-order valence-corrected chi connectivity index (χ4v) is 5.07. The summed E-state index contributed by atoms with van der Waals surface area (Å²) in [5, 5.41) is 17.3. The number of hydrogen-bond acceptors (Lipinski definition) is 5. The maximum atomic E-state index is 11.4. The summed E-state index contributed by atoms with van der Waals surface area (Å²) >= 11 is 0. The van der Waals surface area contributed by atoms with Crippen molar-refractivity contribution in [2.75, 3.05) is 5.73 Å². The number of carboxylic acids is 1. The summed E-state index contributed by atoms with van der Waals surface area (Å²) in [5.74, 6) is 0.210. The van der Waals surface area contributed by atoms with Crippen molar-refractivity contribution in [1.82, 2.24) is 14.8 Å². The molecule has 6 rings (SSSR count). The number of aryl methyl sites for hydroxylation is 1. The van der Waals surface area contributed by atoms with E-state index >= 15 is 0 Å². The van der Waals surface area contributed by atoms with Gasteiger partial charge in [0, 0.05) is 22.5 Å². The first kappa shape index (κ1) is 23.0. The third kappa shape index (κ3) is 4.37. The second-order valence-electron chi connectivity index (χ2n) is 9.81. The van der Waals surface area contributed by atoms with Gasteiger partial charge in [-0.25, -0.2) is 4.98 Å². The number of rotatable bonds is 7. The molecule has 0 spiro atoms. The van der Waals surface area contributed by atoms with Crippen LogP contribution in [0.25, 0.3) is 32.8 Å². The van der Waals surface area contributed by atoms with Crippen LogP contribution in [0.3, 0.4) is 0 Å². The Balaban J connectivity index is 1.39. The summed E-state index contributed by atoms with van der Waals surface area (Å²) in [6.07, 6.45) is 5.09. The number of anilines is 1. The topological polar surface area (TPSA) is 103 Å². The van der Waals surface area contributed by atoms with Gasteiger partial charge in [0.15, 0.2) is 0 Å². The van der Waals surface area contributed by atoms with E-state index in [1.165, 1.54) is 6.42 Å². The molecule has 7 nitrogen and oxygen atoms in total. The van der Waals surface area contributed by atoms with Crippen LogP contribution in [0.2, 0.25) is 0 Å². The van der Waals surface area contributed by atoms with Crippen LogP contribution in [0, 0.1) is 6.92 Å². The van der Waals surface area contributed by atoms with Gasteiger partial charge in [-0.3, -0.25) is 9.48 Å². The molecule has 2 aromatic heterocycles. The summed E-state index contributed by atoms with van der Waals surface area (Å²) in [4.78, 5) is 15.6. The average Bonchev–Trinajstić information content (AvgIpc) is 3.19. The number of benzene rings is 3. The minimum atomic E-state index is -0.883. The zero-order valence-electron chi connectivity index (χ0n) is 20.6. The molecular weight excluding hydrogens is 464 g/mol. The van der Waals surface area contributed by atoms with Crippen LogP contribution in [0.4, 0.5) is 5.82 Å². The van der Waals surface area contributed by atoms with Gasteiger partial charge in [-0.2, -0.15) is 5.10 Å². The number of pyridine rings is 1. The second-order valence-corrected chi connectivity index (χ2v) is 9.81. The van der Waals surface area contributed by atoms with Gasteiger partial charge in [-0.15, -0.1) is 0 Å². The van der Waals surface area contributed by atoms with Crippen molar-refractivity contribution in [3.8, 4) is 16.9 Å². The van der Waals surface area contributed by atoms with E-state index in [4.69, 9.17) is 15.6 Å². The highest BCUT2D eigenvalue weighted by Gasteiger charge is 2.24. The molecule has 0 unspecified atom stereocenters. The van der Waals surface area contributed by atoms with Crippen molar-refractivity contribution in [3.63, 3.8) is 0 Å². The normalized spacial score (nSPS) is 13.6. The molecule has 7 heteroatoms. The first-order chi connectivity index (χ1) is 18.0. The Labute approximate surface area is 214 Å². The number of carbonyl (C=O) groups is 1. The zero-order valence-corrected chi connectivity index (χ0v) is 20.6. The molecule has 0 aliphatic heterocycles. The molecule has 0 amide bonds. The number of aromatic nitrogens is 3. The molecule has 0 bridgehead atoms. The highest BCUT2D eigenvalue weighted by Crippen LogP contribution is 2.37. The number of nitrogens with zero attached hydrogens (tertiary/aromatic N) is 3. The lowest BCUT2D eigenvalue weighted by atomic mass is 9.93. The summed E-state index contributed by atoms with van der Waals surface area (Å²) in [6.45, 7) is 2.20. The maximum absolute atomic E-state index is 11.4. The lowest BCUT2D eigenvalue weighted by Gasteiger charge is -2.26. The number of fused-ring (bicyclic) bond motifs is 2. The predicted octanol–water partition coefficient (Wildman–Crippen LogP) is 6.07. The van der Waals surface area contributed by atoms with Crippen molar-refractivity contribution < 1.29 is 14.6 Å². The molecule has 0 atom stereocenters. The van der Waals surface area contributed by atoms with Gasteiger partial charge in [-0.05, 0) is 73.0 Å². The van der Waals surface area contributed by atoms with E-state index in [0.29, 0.717) is 23.2 Å². The van der Waals surface area contributed by atoms with Gasteiger partial charge in [0.05, 0.1) is 18.0 Å². The lowest BCUT2D eigenvalue weighted by molar-refractivity contribution is -0.136. The number of hydrogen-bond donors (Lipinski definition) is 2. The monoisotopic (exact) mass is 492 g/mol. The van der Waals surface area contributed by atoms with Gasteiger partial charge >= 0.3 is 5.97 Å². The summed E-state index contributed by atoms with van der Waals surface area (Å²) < 4.78 is 8.32. The van der Waals surface area contributed by atoms with Crippen molar-refractivity contribution in [3.05, 3.63) is 83.7 Å². The van der Waals surface area contributed by atoms with Crippen LogP contribution < -0.4 is 10.5 Å². The van der Waals surface area contributed by atoms with Gasteiger partial charge in [-0.1, -0.05) is 35.9 Å². The summed E-state index contributed by atoms with van der Waals surface area (Å²) in [7, 11) is 0. The van der Waals surface area contributed by atoms with Crippen LogP contribution in [0.15, 0.2) is 66.9 Å². The molecule has 1 aliphatic carbocycles. The Bertz CT molecular complexity index is 1650. The van der Waals surface area contributed by atoms with Gasteiger partial charge in [0.2, 0.25) is 0 Å². The Kier molecular flexibility index (Phi) is 5.75. The Morgan fingerprint density at radius 2 is 1.84 bits per heavy atom. The quantitative estimate of drug-likeness (QED) is 0.286. The molecule has 3 N–H and O–H groups in total. The third-order valence-corrected chi connectivity index (χ3v) is 7.26. The summed E-state index contributed by atoms with van der Waals surface area (Å²) in [5.41, 5.74) is 11.9. The van der Waals surface area contributed by atoms with Crippen molar-refractivity contribution in [2.24, 2.45) is 0 Å². The molecule has 3 aromatic carbocycles.